The van der Waals surface area contributed by atoms with Crippen LogP contribution in [0.1, 0.15) is 310 Å². The third-order valence-corrected chi connectivity index (χ3v) is 13.4. The quantitative estimate of drug-likeness (QED) is 0.0261. The third-order valence-electron chi connectivity index (χ3n) is 13.4. The third kappa shape index (κ3) is 57.7. The molecule has 6 nitrogen and oxygen atoms in total. The fourth-order valence-electron chi connectivity index (χ4n) is 8.82. The summed E-state index contributed by atoms with van der Waals surface area (Å²) in [7, 11) is 0. The summed E-state index contributed by atoms with van der Waals surface area (Å²) < 4.78 is 16.9. The number of hydrogen-bond acceptors (Lipinski definition) is 6. The van der Waals surface area contributed by atoms with Crippen LogP contribution in [0.5, 0.6) is 0 Å². The number of hydrogen-bond donors (Lipinski definition) is 0. The second kappa shape index (κ2) is 60.4. The van der Waals surface area contributed by atoms with E-state index in [9.17, 15) is 14.4 Å². The number of carbonyl (C=O) groups excluding carboxylic acids is 3. The van der Waals surface area contributed by atoms with Crippen LogP contribution >= 0.6 is 0 Å². The van der Waals surface area contributed by atoms with Gasteiger partial charge in [-0.3, -0.25) is 14.4 Å². The van der Waals surface area contributed by atoms with Crippen LogP contribution in [-0.2, 0) is 28.6 Å². The highest BCUT2D eigenvalue weighted by Gasteiger charge is 2.19. The molecule has 0 aromatic heterocycles. The van der Waals surface area contributed by atoms with Gasteiger partial charge < -0.3 is 14.2 Å². The normalized spacial score (nSPS) is 12.5. The molecule has 0 aliphatic heterocycles. The van der Waals surface area contributed by atoms with Crippen LogP contribution in [0.15, 0.2) is 72.9 Å². The topological polar surface area (TPSA) is 78.9 Å². The van der Waals surface area contributed by atoms with Crippen molar-refractivity contribution in [3.8, 4) is 0 Å². The largest absolute Gasteiger partial charge is 0.462 e. The minimum atomic E-state index is -0.788. The molecule has 0 radical (unpaired) electrons. The number of allylic oxidation sites excluding steroid dienone is 12. The lowest BCUT2D eigenvalue weighted by atomic mass is 10.0. The molecule has 0 fully saturated rings. The van der Waals surface area contributed by atoms with Gasteiger partial charge in [-0.2, -0.15) is 0 Å². The van der Waals surface area contributed by atoms with Gasteiger partial charge in [0.1, 0.15) is 13.2 Å². The number of carbonyl (C=O) groups is 3. The summed E-state index contributed by atoms with van der Waals surface area (Å²) in [6, 6.07) is 0. The van der Waals surface area contributed by atoms with Crippen molar-refractivity contribution in [3.63, 3.8) is 0 Å². The van der Waals surface area contributed by atoms with Crippen LogP contribution in [0.3, 0.4) is 0 Å². The van der Waals surface area contributed by atoms with Gasteiger partial charge in [0, 0.05) is 19.3 Å². The average Bonchev–Trinajstić information content (AvgIpc) is 3.38. The Kier molecular flexibility index (Phi) is 57.8. The van der Waals surface area contributed by atoms with E-state index in [1.165, 1.54) is 154 Å². The van der Waals surface area contributed by atoms with Crippen LogP contribution in [0.4, 0.5) is 0 Å². The minimum Gasteiger partial charge on any atom is -0.462 e. The van der Waals surface area contributed by atoms with E-state index in [1.54, 1.807) is 0 Å². The van der Waals surface area contributed by atoms with Crippen LogP contribution in [-0.4, -0.2) is 37.2 Å². The van der Waals surface area contributed by atoms with Gasteiger partial charge in [0.25, 0.3) is 0 Å². The Bertz CT molecular complexity index is 1340. The molecule has 6 heteroatoms. The number of rotatable bonds is 56. The van der Waals surface area contributed by atoms with Crippen LogP contribution < -0.4 is 0 Å². The lowest BCUT2D eigenvalue weighted by Crippen LogP contribution is -2.30. The van der Waals surface area contributed by atoms with Gasteiger partial charge in [0.15, 0.2) is 6.10 Å². The van der Waals surface area contributed by atoms with Gasteiger partial charge in [-0.05, 0) is 89.9 Å². The predicted octanol–water partition coefficient (Wildman–Crippen LogP) is 20.9. The maximum atomic E-state index is 12.9. The molecule has 1 atom stereocenters. The van der Waals surface area contributed by atoms with Crippen LogP contribution in [0.25, 0.3) is 0 Å². The lowest BCUT2D eigenvalue weighted by Gasteiger charge is -2.18. The lowest BCUT2D eigenvalue weighted by molar-refractivity contribution is -0.167. The molecule has 0 heterocycles. The van der Waals surface area contributed by atoms with E-state index in [-0.39, 0.29) is 31.1 Å². The van der Waals surface area contributed by atoms with Crippen LogP contribution in [0, 0.1) is 0 Å². The van der Waals surface area contributed by atoms with E-state index in [1.807, 2.05) is 0 Å². The highest BCUT2D eigenvalue weighted by Crippen LogP contribution is 2.16. The summed E-state index contributed by atoms with van der Waals surface area (Å²) >= 11 is 0. The van der Waals surface area contributed by atoms with Gasteiger partial charge in [0.05, 0.1) is 0 Å². The van der Waals surface area contributed by atoms with Crippen molar-refractivity contribution in [2.24, 2.45) is 0 Å². The molecular formula is C66H116O6. The molecule has 0 aromatic carbocycles. The Hall–Kier alpha value is -3.15. The molecule has 0 saturated carbocycles. The first-order valence-corrected chi connectivity index (χ1v) is 30.9. The molecule has 0 saturated heterocycles. The number of esters is 3. The monoisotopic (exact) mass is 1000 g/mol. The van der Waals surface area contributed by atoms with E-state index in [2.05, 4.69) is 93.7 Å². The highest BCUT2D eigenvalue weighted by atomic mass is 16.6. The first kappa shape index (κ1) is 68.8. The smallest absolute Gasteiger partial charge is 0.306 e. The molecule has 0 aliphatic rings. The van der Waals surface area contributed by atoms with Gasteiger partial charge in [0.2, 0.25) is 0 Å². The first-order chi connectivity index (χ1) is 35.5. The molecule has 0 rings (SSSR count). The summed E-state index contributed by atoms with van der Waals surface area (Å²) in [6.45, 7) is 6.53. The van der Waals surface area contributed by atoms with Gasteiger partial charge in [-0.1, -0.05) is 273 Å². The predicted molar refractivity (Wildman–Crippen MR) is 311 cm³/mol. The fourth-order valence-corrected chi connectivity index (χ4v) is 8.82. The van der Waals surface area contributed by atoms with E-state index in [0.717, 1.165) is 116 Å². The van der Waals surface area contributed by atoms with E-state index in [0.29, 0.717) is 19.3 Å². The second-order valence-electron chi connectivity index (χ2n) is 20.6. The Balaban J connectivity index is 4.39. The highest BCUT2D eigenvalue weighted by molar-refractivity contribution is 5.71. The molecular weight excluding hydrogens is 889 g/mol. The molecule has 72 heavy (non-hydrogen) atoms. The Morgan fingerprint density at radius 1 is 0.292 bits per heavy atom. The van der Waals surface area contributed by atoms with Crippen LogP contribution in [0.2, 0.25) is 0 Å². The van der Waals surface area contributed by atoms with E-state index in [4.69, 9.17) is 14.2 Å². The van der Waals surface area contributed by atoms with Crippen molar-refractivity contribution in [1.82, 2.24) is 0 Å². The zero-order valence-electron chi connectivity index (χ0n) is 47.7. The van der Waals surface area contributed by atoms with Crippen molar-refractivity contribution in [2.45, 2.75) is 316 Å². The van der Waals surface area contributed by atoms with Crippen molar-refractivity contribution < 1.29 is 28.6 Å². The molecule has 0 amide bonds. The molecule has 416 valence electrons. The molecule has 0 N–H and O–H groups in total. The number of unbranched alkanes of at least 4 members (excludes halogenated alkanes) is 33. The summed E-state index contributed by atoms with van der Waals surface area (Å²) in [6.07, 6.45) is 77.5. The summed E-state index contributed by atoms with van der Waals surface area (Å²) in [5.74, 6) is -0.900. The Morgan fingerprint density at radius 3 is 0.847 bits per heavy atom. The second-order valence-corrected chi connectivity index (χ2v) is 20.6. The van der Waals surface area contributed by atoms with Crippen molar-refractivity contribution >= 4 is 17.9 Å². The van der Waals surface area contributed by atoms with Gasteiger partial charge >= 0.3 is 17.9 Å². The average molecular weight is 1010 g/mol. The van der Waals surface area contributed by atoms with Crippen molar-refractivity contribution in [2.75, 3.05) is 13.2 Å². The molecule has 0 bridgehead atoms. The standard InChI is InChI=1S/C66H116O6/c1-4-7-10-13-16-19-22-25-28-30-32-33-34-36-38-41-44-47-50-53-56-59-65(68)71-62-63(61-70-64(67)58-55-52-49-46-43-40-37-27-24-21-18-15-12-9-6-3)72-66(69)60-57-54-51-48-45-42-39-35-31-29-26-23-20-17-14-11-8-5-2/h9,12,18,21-22,25,27,30,32,34,36-37,63H,4-8,10-11,13-17,19-20,23-24,26,28-29,31,33,35,38-62H2,1-3H3/b12-9-,21-18-,25-22-,32-30-,36-34-,37-27-. The summed E-state index contributed by atoms with van der Waals surface area (Å²) in [5, 5.41) is 0. The SMILES string of the molecule is CC/C=C\C/C=C\C/C=C\CCCCCCCC(=O)OCC(COC(=O)CCCCCCCC/C=C\C/C=C\C/C=C\CCCCCCC)OC(=O)CCCCCCCCCCCCCCCCCCCC. The van der Waals surface area contributed by atoms with E-state index >= 15 is 0 Å². The molecule has 0 spiro atoms. The summed E-state index contributed by atoms with van der Waals surface area (Å²) in [5.41, 5.74) is 0. The minimum absolute atomic E-state index is 0.0857. The van der Waals surface area contributed by atoms with Gasteiger partial charge in [-0.25, -0.2) is 0 Å². The van der Waals surface area contributed by atoms with Gasteiger partial charge in [-0.15, -0.1) is 0 Å². The first-order valence-electron chi connectivity index (χ1n) is 30.9. The maximum absolute atomic E-state index is 12.9. The van der Waals surface area contributed by atoms with Crippen molar-refractivity contribution in [1.29, 1.82) is 0 Å². The molecule has 0 aromatic rings. The fraction of sp³-hybridized carbons (Fsp3) is 0.773. The molecule has 0 aliphatic carbocycles. The Morgan fingerprint density at radius 2 is 0.542 bits per heavy atom. The Labute approximate surface area is 446 Å². The molecule has 1 unspecified atom stereocenters. The zero-order chi connectivity index (χ0) is 52.2. The number of ether oxygens (including phenoxy) is 3. The maximum Gasteiger partial charge on any atom is 0.306 e. The zero-order valence-corrected chi connectivity index (χ0v) is 47.7. The van der Waals surface area contributed by atoms with E-state index < -0.39 is 6.10 Å². The van der Waals surface area contributed by atoms with Crippen molar-refractivity contribution in [3.05, 3.63) is 72.9 Å². The summed E-state index contributed by atoms with van der Waals surface area (Å²) in [4.78, 5) is 38.3.